The average molecular weight is 805 g/mol. The van der Waals surface area contributed by atoms with Gasteiger partial charge in [-0.15, -0.1) is 0 Å². The van der Waals surface area contributed by atoms with E-state index in [1.165, 1.54) is 38.9 Å². The summed E-state index contributed by atoms with van der Waals surface area (Å²) in [6.45, 7) is 2.39. The fraction of sp³-hybridized carbons (Fsp3) is 0.0333. The zero-order chi connectivity index (χ0) is 41.9. The van der Waals surface area contributed by atoms with Gasteiger partial charge >= 0.3 is 0 Å². The van der Waals surface area contributed by atoms with Crippen LogP contribution in [0.5, 0.6) is 0 Å². The van der Waals surface area contributed by atoms with Gasteiger partial charge in [-0.05, 0) is 111 Å². The van der Waals surface area contributed by atoms with E-state index < -0.39 is 0 Å². The molecule has 12 rings (SSSR count). The first-order valence-corrected chi connectivity index (χ1v) is 21.6. The maximum atomic E-state index is 6.25. The number of fused-ring (bicyclic) bond motifs is 6. The molecule has 1 atom stereocenters. The smallest absolute Gasteiger partial charge is 0.160 e. The van der Waals surface area contributed by atoms with Crippen molar-refractivity contribution in [3.05, 3.63) is 241 Å². The third-order valence-corrected chi connectivity index (χ3v) is 13.0. The van der Waals surface area contributed by atoms with E-state index in [0.717, 1.165) is 72.3 Å². The summed E-state index contributed by atoms with van der Waals surface area (Å²) in [6.07, 6.45) is 0. The Morgan fingerprint density at radius 1 is 0.349 bits per heavy atom. The minimum absolute atomic E-state index is 0.304. The lowest BCUT2D eigenvalue weighted by molar-refractivity contribution is 0.669. The first-order valence-electron chi connectivity index (χ1n) is 21.6. The molecule has 296 valence electrons. The fourth-order valence-electron chi connectivity index (χ4n) is 9.84. The highest BCUT2D eigenvalue weighted by Gasteiger charge is 2.42. The molecule has 0 radical (unpaired) electrons. The molecule has 0 aliphatic heterocycles. The van der Waals surface area contributed by atoms with Gasteiger partial charge in [0, 0.05) is 32.9 Å². The number of nitrogens with zero attached hydrogens (tertiary/aromatic N) is 2. The van der Waals surface area contributed by atoms with Gasteiger partial charge in [0.25, 0.3) is 0 Å². The van der Waals surface area contributed by atoms with E-state index in [2.05, 4.69) is 195 Å². The third kappa shape index (κ3) is 6.20. The molecule has 3 heteroatoms. The molecule has 11 aromatic rings. The molecule has 2 heterocycles. The molecule has 0 N–H and O–H groups in total. The number of furan rings is 1. The maximum Gasteiger partial charge on any atom is 0.160 e. The Labute approximate surface area is 366 Å². The average Bonchev–Trinajstić information content (AvgIpc) is 3.87. The second-order valence-electron chi connectivity index (χ2n) is 16.6. The van der Waals surface area contributed by atoms with Crippen LogP contribution in [0.3, 0.4) is 0 Å². The number of benzene rings is 9. The maximum absolute atomic E-state index is 6.25. The van der Waals surface area contributed by atoms with Crippen LogP contribution >= 0.6 is 0 Å². The van der Waals surface area contributed by atoms with Crippen molar-refractivity contribution in [3.63, 3.8) is 0 Å². The van der Waals surface area contributed by atoms with Gasteiger partial charge in [-0.2, -0.15) is 0 Å². The predicted molar refractivity (Wildman–Crippen MR) is 259 cm³/mol. The van der Waals surface area contributed by atoms with Crippen molar-refractivity contribution in [2.45, 2.75) is 12.3 Å². The SMILES string of the molecule is CC1(c2ccccc2)c2ccccc2-c2cccc(-c3ccc(-c4cc(-c5ccc6oc7ccccc7c6c5)cc(-c5cc(-c6ccccc6)nc(-c6ccccc6)n5)c4)cc3)c21. The van der Waals surface area contributed by atoms with Gasteiger partial charge in [-0.25, -0.2) is 9.97 Å². The highest BCUT2D eigenvalue weighted by molar-refractivity contribution is 6.06. The van der Waals surface area contributed by atoms with Crippen molar-refractivity contribution in [2.24, 2.45) is 0 Å². The molecule has 1 unspecified atom stereocenters. The molecule has 1 aliphatic carbocycles. The number of rotatable bonds is 7. The lowest BCUT2D eigenvalue weighted by Crippen LogP contribution is -2.23. The third-order valence-electron chi connectivity index (χ3n) is 13.0. The van der Waals surface area contributed by atoms with Gasteiger partial charge < -0.3 is 4.42 Å². The normalized spacial score (nSPS) is 14.2. The molecule has 1 aliphatic rings. The van der Waals surface area contributed by atoms with E-state index in [-0.39, 0.29) is 5.41 Å². The fourth-order valence-corrected chi connectivity index (χ4v) is 9.84. The van der Waals surface area contributed by atoms with Crippen LogP contribution < -0.4 is 0 Å². The summed E-state index contributed by atoms with van der Waals surface area (Å²) >= 11 is 0. The monoisotopic (exact) mass is 804 g/mol. The molecule has 0 spiro atoms. The van der Waals surface area contributed by atoms with Crippen molar-refractivity contribution >= 4 is 21.9 Å². The molecular formula is C60H40N2O. The quantitative estimate of drug-likeness (QED) is 0.161. The molecule has 0 saturated heterocycles. The van der Waals surface area contributed by atoms with E-state index in [9.17, 15) is 0 Å². The number of aromatic nitrogens is 2. The summed E-state index contributed by atoms with van der Waals surface area (Å²) in [4.78, 5) is 10.4. The molecule has 9 aromatic carbocycles. The summed E-state index contributed by atoms with van der Waals surface area (Å²) < 4.78 is 6.25. The van der Waals surface area contributed by atoms with E-state index in [4.69, 9.17) is 14.4 Å². The first kappa shape index (κ1) is 36.7. The molecule has 63 heavy (non-hydrogen) atoms. The van der Waals surface area contributed by atoms with Crippen LogP contribution in [0.2, 0.25) is 0 Å². The van der Waals surface area contributed by atoms with Crippen LogP contribution in [0.4, 0.5) is 0 Å². The number of hydrogen-bond acceptors (Lipinski definition) is 3. The zero-order valence-corrected chi connectivity index (χ0v) is 34.7. The summed E-state index contributed by atoms with van der Waals surface area (Å²) in [7, 11) is 0. The van der Waals surface area contributed by atoms with Gasteiger partial charge in [-0.1, -0.05) is 182 Å². The van der Waals surface area contributed by atoms with Crippen LogP contribution in [-0.2, 0) is 5.41 Å². The van der Waals surface area contributed by atoms with E-state index in [1.54, 1.807) is 0 Å². The lowest BCUT2D eigenvalue weighted by atomic mass is 9.72. The number of para-hydroxylation sites is 1. The Kier molecular flexibility index (Phi) is 8.62. The van der Waals surface area contributed by atoms with Crippen molar-refractivity contribution in [2.75, 3.05) is 0 Å². The Morgan fingerprint density at radius 2 is 0.905 bits per heavy atom. The van der Waals surface area contributed by atoms with Crippen molar-refractivity contribution in [3.8, 4) is 78.4 Å². The molecule has 0 fully saturated rings. The van der Waals surface area contributed by atoms with Crippen molar-refractivity contribution in [1.29, 1.82) is 0 Å². The second kappa shape index (κ2) is 14.8. The second-order valence-corrected chi connectivity index (χ2v) is 16.6. The highest BCUT2D eigenvalue weighted by Crippen LogP contribution is 2.55. The molecule has 0 saturated carbocycles. The van der Waals surface area contributed by atoms with Gasteiger partial charge in [0.15, 0.2) is 5.82 Å². The van der Waals surface area contributed by atoms with E-state index in [1.807, 2.05) is 36.4 Å². The minimum atomic E-state index is -0.304. The summed E-state index contributed by atoms with van der Waals surface area (Å²) in [6, 6.07) is 80.2. The van der Waals surface area contributed by atoms with Crippen molar-refractivity contribution < 1.29 is 4.42 Å². The standard InChI is InChI=1S/C60H40N2O/c1-60(47-20-9-4-10-21-47)53-26-13-11-22-49(53)51-25-15-24-48(58(51)60)40-30-28-39(29-31-40)44-34-45(43-32-33-57-52(37-43)50-23-12-14-27-56(50)63-57)36-46(35-44)55-38-54(41-16-5-2-6-17-41)61-59(62-55)42-18-7-3-8-19-42/h2-38H,1H3. The predicted octanol–water partition coefficient (Wildman–Crippen LogP) is 15.7. The Morgan fingerprint density at radius 3 is 1.68 bits per heavy atom. The van der Waals surface area contributed by atoms with Crippen LogP contribution in [0.1, 0.15) is 23.6 Å². The van der Waals surface area contributed by atoms with E-state index >= 15 is 0 Å². The topological polar surface area (TPSA) is 38.9 Å². The lowest BCUT2D eigenvalue weighted by Gasteiger charge is -2.30. The van der Waals surface area contributed by atoms with E-state index in [0.29, 0.717) is 5.82 Å². The summed E-state index contributed by atoms with van der Waals surface area (Å²) in [5, 5.41) is 2.20. The van der Waals surface area contributed by atoms with Crippen molar-refractivity contribution in [1.82, 2.24) is 9.97 Å². The zero-order valence-electron chi connectivity index (χ0n) is 34.7. The molecule has 2 aromatic heterocycles. The van der Waals surface area contributed by atoms with Crippen LogP contribution in [0, 0.1) is 0 Å². The minimum Gasteiger partial charge on any atom is -0.456 e. The molecular weight excluding hydrogens is 765 g/mol. The van der Waals surface area contributed by atoms with Gasteiger partial charge in [0.05, 0.1) is 11.4 Å². The van der Waals surface area contributed by atoms with Gasteiger partial charge in [0.1, 0.15) is 11.2 Å². The summed E-state index contributed by atoms with van der Waals surface area (Å²) in [5.74, 6) is 0.689. The van der Waals surface area contributed by atoms with Gasteiger partial charge in [-0.3, -0.25) is 0 Å². The Hall–Kier alpha value is -8.14. The highest BCUT2D eigenvalue weighted by atomic mass is 16.3. The largest absolute Gasteiger partial charge is 0.456 e. The Bertz CT molecular complexity index is 3440. The van der Waals surface area contributed by atoms with Crippen LogP contribution in [-0.4, -0.2) is 9.97 Å². The first-order chi connectivity index (χ1) is 31.1. The molecule has 0 amide bonds. The Balaban J connectivity index is 1.02. The molecule has 0 bridgehead atoms. The van der Waals surface area contributed by atoms with Crippen LogP contribution in [0.15, 0.2) is 229 Å². The number of hydrogen-bond donors (Lipinski definition) is 0. The van der Waals surface area contributed by atoms with Gasteiger partial charge in [0.2, 0.25) is 0 Å². The van der Waals surface area contributed by atoms with Crippen LogP contribution in [0.25, 0.3) is 100 Å². The summed E-state index contributed by atoms with van der Waals surface area (Å²) in [5.41, 5.74) is 19.7. The molecule has 3 nitrogen and oxygen atoms in total.